The van der Waals surface area contributed by atoms with Crippen molar-refractivity contribution in [3.63, 3.8) is 0 Å². The zero-order valence-corrected chi connectivity index (χ0v) is 9.70. The van der Waals surface area contributed by atoms with Crippen molar-refractivity contribution in [2.24, 2.45) is 0 Å². The van der Waals surface area contributed by atoms with E-state index in [4.69, 9.17) is 10.00 Å². The summed E-state index contributed by atoms with van der Waals surface area (Å²) in [4.78, 5) is 10.6. The monoisotopic (exact) mass is 228 g/mol. The Morgan fingerprint density at radius 1 is 1.53 bits per heavy atom. The van der Waals surface area contributed by atoms with Crippen molar-refractivity contribution in [3.8, 4) is 23.7 Å². The van der Waals surface area contributed by atoms with Crippen LogP contribution in [0.3, 0.4) is 0 Å². The Hall–Kier alpha value is -2.46. The molecule has 1 aromatic rings. The van der Waals surface area contributed by atoms with E-state index in [-0.39, 0.29) is 12.5 Å². The highest BCUT2D eigenvalue weighted by molar-refractivity contribution is 5.73. The van der Waals surface area contributed by atoms with Crippen LogP contribution in [0.2, 0.25) is 0 Å². The third kappa shape index (κ3) is 3.89. The molecule has 4 nitrogen and oxygen atoms in total. The third-order valence-corrected chi connectivity index (χ3v) is 1.98. The minimum absolute atomic E-state index is 0.128. The van der Waals surface area contributed by atoms with Gasteiger partial charge >= 0.3 is 0 Å². The Kier molecular flexibility index (Phi) is 4.59. The van der Waals surface area contributed by atoms with Gasteiger partial charge in [-0.3, -0.25) is 4.79 Å². The molecule has 0 atom stereocenters. The van der Waals surface area contributed by atoms with Crippen molar-refractivity contribution in [2.75, 3.05) is 13.7 Å². The molecule has 0 aromatic heterocycles. The van der Waals surface area contributed by atoms with Crippen LogP contribution in [0.25, 0.3) is 0 Å². The molecular formula is C13H12N2O2. The summed E-state index contributed by atoms with van der Waals surface area (Å²) in [5.74, 6) is 6.12. The zero-order chi connectivity index (χ0) is 12.7. The first kappa shape index (κ1) is 12.6. The largest absolute Gasteiger partial charge is 0.495 e. The van der Waals surface area contributed by atoms with Crippen molar-refractivity contribution in [1.29, 1.82) is 5.26 Å². The molecule has 86 valence electrons. The topological polar surface area (TPSA) is 62.1 Å². The van der Waals surface area contributed by atoms with Crippen molar-refractivity contribution in [2.45, 2.75) is 6.92 Å². The summed E-state index contributed by atoms with van der Waals surface area (Å²) < 4.78 is 5.12. The van der Waals surface area contributed by atoms with E-state index in [9.17, 15) is 4.79 Å². The fraction of sp³-hybridized carbons (Fsp3) is 0.231. The van der Waals surface area contributed by atoms with Gasteiger partial charge in [0.25, 0.3) is 0 Å². The molecule has 1 rings (SSSR count). The van der Waals surface area contributed by atoms with Gasteiger partial charge in [-0.15, -0.1) is 0 Å². The second-order valence-corrected chi connectivity index (χ2v) is 3.24. The number of carbonyl (C=O) groups is 1. The number of amides is 1. The molecule has 0 fully saturated rings. The molecule has 4 heteroatoms. The molecule has 0 aliphatic carbocycles. The number of benzene rings is 1. The van der Waals surface area contributed by atoms with Crippen LogP contribution >= 0.6 is 0 Å². The smallest absolute Gasteiger partial charge is 0.217 e. The lowest BCUT2D eigenvalue weighted by Crippen LogP contribution is -2.19. The number of hydrogen-bond acceptors (Lipinski definition) is 3. The Morgan fingerprint density at radius 2 is 2.29 bits per heavy atom. The second-order valence-electron chi connectivity index (χ2n) is 3.24. The zero-order valence-electron chi connectivity index (χ0n) is 9.70. The molecule has 0 unspecified atom stereocenters. The number of ether oxygens (including phenoxy) is 1. The molecule has 0 bridgehead atoms. The second kappa shape index (κ2) is 6.19. The van der Waals surface area contributed by atoms with E-state index in [1.54, 1.807) is 25.3 Å². The number of methoxy groups -OCH3 is 1. The highest BCUT2D eigenvalue weighted by atomic mass is 16.5. The molecule has 0 aliphatic heterocycles. The van der Waals surface area contributed by atoms with Crippen LogP contribution in [-0.2, 0) is 4.79 Å². The van der Waals surface area contributed by atoms with Gasteiger partial charge in [0, 0.05) is 6.92 Å². The first-order chi connectivity index (χ1) is 8.17. The fourth-order valence-electron chi connectivity index (χ4n) is 1.18. The normalized spacial score (nSPS) is 8.53. The molecule has 1 aromatic carbocycles. The lowest BCUT2D eigenvalue weighted by Gasteiger charge is -2.02. The van der Waals surface area contributed by atoms with Gasteiger partial charge in [0.05, 0.1) is 30.9 Å². The number of nitrogens with zero attached hydrogens (tertiary/aromatic N) is 1. The molecule has 17 heavy (non-hydrogen) atoms. The van der Waals surface area contributed by atoms with Gasteiger partial charge in [0.1, 0.15) is 5.75 Å². The van der Waals surface area contributed by atoms with Crippen molar-refractivity contribution >= 4 is 5.91 Å². The number of carbonyl (C=O) groups excluding carboxylic acids is 1. The van der Waals surface area contributed by atoms with Gasteiger partial charge in [-0.2, -0.15) is 5.26 Å². The maximum Gasteiger partial charge on any atom is 0.217 e. The van der Waals surface area contributed by atoms with E-state index in [0.717, 1.165) is 0 Å². The summed E-state index contributed by atoms with van der Waals surface area (Å²) in [6.45, 7) is 1.70. The van der Waals surface area contributed by atoms with Gasteiger partial charge in [-0.05, 0) is 18.2 Å². The molecule has 0 heterocycles. The highest BCUT2D eigenvalue weighted by Crippen LogP contribution is 2.18. The van der Waals surface area contributed by atoms with Gasteiger partial charge in [0.2, 0.25) is 5.91 Å². The van der Waals surface area contributed by atoms with E-state index in [0.29, 0.717) is 16.9 Å². The fourth-order valence-corrected chi connectivity index (χ4v) is 1.18. The van der Waals surface area contributed by atoms with Crippen molar-refractivity contribution in [1.82, 2.24) is 5.32 Å². The standard InChI is InChI=1S/C13H12N2O2/c1-10(16)15-7-3-4-12-8-11(9-14)5-6-13(12)17-2/h5-6,8H,7H2,1-2H3,(H,15,16). The van der Waals surface area contributed by atoms with Crippen LogP contribution in [-0.4, -0.2) is 19.6 Å². The number of rotatable bonds is 2. The van der Waals surface area contributed by atoms with Crippen LogP contribution in [0.15, 0.2) is 18.2 Å². The predicted molar refractivity (Wildman–Crippen MR) is 63.3 cm³/mol. The number of nitriles is 1. The maximum absolute atomic E-state index is 10.6. The Morgan fingerprint density at radius 3 is 2.88 bits per heavy atom. The number of nitrogens with one attached hydrogen (secondary N) is 1. The minimum atomic E-state index is -0.128. The maximum atomic E-state index is 10.6. The number of hydrogen-bond donors (Lipinski definition) is 1. The van der Waals surface area contributed by atoms with Crippen molar-refractivity contribution in [3.05, 3.63) is 29.3 Å². The average molecular weight is 228 g/mol. The van der Waals surface area contributed by atoms with Crippen LogP contribution in [0.5, 0.6) is 5.75 Å². The highest BCUT2D eigenvalue weighted by Gasteiger charge is 2.01. The van der Waals surface area contributed by atoms with E-state index in [2.05, 4.69) is 17.2 Å². The van der Waals surface area contributed by atoms with Gasteiger partial charge in [0.15, 0.2) is 0 Å². The molecular weight excluding hydrogens is 216 g/mol. The molecule has 0 saturated carbocycles. The summed E-state index contributed by atoms with van der Waals surface area (Å²) >= 11 is 0. The molecule has 1 amide bonds. The van der Waals surface area contributed by atoms with E-state index in [1.165, 1.54) is 6.92 Å². The van der Waals surface area contributed by atoms with Gasteiger partial charge in [-0.25, -0.2) is 0 Å². The summed E-state index contributed by atoms with van der Waals surface area (Å²) in [5.41, 5.74) is 1.16. The lowest BCUT2D eigenvalue weighted by atomic mass is 10.1. The van der Waals surface area contributed by atoms with Crippen LogP contribution < -0.4 is 10.1 Å². The Labute approximate surface area is 100 Å². The van der Waals surface area contributed by atoms with Gasteiger partial charge < -0.3 is 10.1 Å². The third-order valence-electron chi connectivity index (χ3n) is 1.98. The molecule has 0 aliphatic rings. The van der Waals surface area contributed by atoms with E-state index < -0.39 is 0 Å². The Balaban J connectivity index is 2.88. The predicted octanol–water partition coefficient (Wildman–Crippen LogP) is 1.05. The van der Waals surface area contributed by atoms with Crippen LogP contribution in [0, 0.1) is 23.2 Å². The first-order valence-electron chi connectivity index (χ1n) is 4.99. The minimum Gasteiger partial charge on any atom is -0.495 e. The van der Waals surface area contributed by atoms with E-state index in [1.807, 2.05) is 6.07 Å². The molecule has 0 saturated heterocycles. The first-order valence-corrected chi connectivity index (χ1v) is 4.99. The van der Waals surface area contributed by atoms with Crippen LogP contribution in [0.1, 0.15) is 18.1 Å². The van der Waals surface area contributed by atoms with Crippen LogP contribution in [0.4, 0.5) is 0 Å². The molecule has 0 radical (unpaired) electrons. The summed E-state index contributed by atoms with van der Waals surface area (Å²) in [6, 6.07) is 7.05. The summed E-state index contributed by atoms with van der Waals surface area (Å²) in [6.07, 6.45) is 0. The average Bonchev–Trinajstić information content (AvgIpc) is 2.34. The van der Waals surface area contributed by atoms with E-state index >= 15 is 0 Å². The quantitative estimate of drug-likeness (QED) is 0.770. The molecule has 0 spiro atoms. The SMILES string of the molecule is COc1ccc(C#N)cc1C#CCNC(C)=O. The lowest BCUT2D eigenvalue weighted by molar-refractivity contribution is -0.118. The summed E-state index contributed by atoms with van der Waals surface area (Å²) in [7, 11) is 1.54. The van der Waals surface area contributed by atoms with Gasteiger partial charge in [-0.1, -0.05) is 11.8 Å². The molecule has 1 N–H and O–H groups in total. The Bertz CT molecular complexity index is 518. The summed E-state index contributed by atoms with van der Waals surface area (Å²) in [5, 5.41) is 11.3. The van der Waals surface area contributed by atoms with Crippen molar-refractivity contribution < 1.29 is 9.53 Å².